The molecule has 158 valence electrons. The highest BCUT2D eigenvalue weighted by atomic mass is 32.2. The van der Waals surface area contributed by atoms with Crippen molar-refractivity contribution in [3.05, 3.63) is 31.9 Å². The highest BCUT2D eigenvalue weighted by Crippen LogP contribution is 2.36. The van der Waals surface area contributed by atoms with Crippen molar-refractivity contribution in [2.24, 2.45) is 7.05 Å². The summed E-state index contributed by atoms with van der Waals surface area (Å²) >= 11 is 6.47. The topological polar surface area (TPSA) is 107 Å². The Morgan fingerprint density at radius 1 is 1.33 bits per heavy atom. The van der Waals surface area contributed by atoms with Crippen molar-refractivity contribution in [3.63, 3.8) is 0 Å². The molecule has 10 heteroatoms. The largest absolute Gasteiger partial charge is 0.481 e. The molecule has 1 N–H and O–H groups in total. The van der Waals surface area contributed by atoms with Crippen LogP contribution in [0, 0.1) is 18.3 Å². The third kappa shape index (κ3) is 4.13. The van der Waals surface area contributed by atoms with Crippen LogP contribution >= 0.6 is 24.0 Å². The molecular formula is C20H22N4O4S2. The normalized spacial score (nSPS) is 17.8. The lowest BCUT2D eigenvalue weighted by atomic mass is 10.0. The van der Waals surface area contributed by atoms with E-state index in [-0.39, 0.29) is 30.0 Å². The highest BCUT2D eigenvalue weighted by molar-refractivity contribution is 8.26. The lowest BCUT2D eigenvalue weighted by Crippen LogP contribution is -2.31. The smallest absolute Gasteiger partial charge is 0.303 e. The zero-order valence-electron chi connectivity index (χ0n) is 16.8. The van der Waals surface area contributed by atoms with Crippen molar-refractivity contribution < 1.29 is 14.7 Å². The van der Waals surface area contributed by atoms with E-state index in [0.717, 1.165) is 37.7 Å². The molecule has 3 heterocycles. The monoisotopic (exact) mass is 446 g/mol. The van der Waals surface area contributed by atoms with Gasteiger partial charge in [0.05, 0.1) is 4.91 Å². The molecule has 2 fully saturated rings. The molecule has 0 atom stereocenters. The molecule has 1 aromatic rings. The lowest BCUT2D eigenvalue weighted by molar-refractivity contribution is -0.137. The second-order valence-corrected chi connectivity index (χ2v) is 8.91. The molecule has 0 aromatic carbocycles. The average molecular weight is 447 g/mol. The van der Waals surface area contributed by atoms with Crippen LogP contribution in [0.4, 0.5) is 5.82 Å². The van der Waals surface area contributed by atoms with Crippen molar-refractivity contribution in [2.75, 3.05) is 24.5 Å². The Kier molecular flexibility index (Phi) is 6.63. The number of rotatable bonds is 6. The molecule has 8 nitrogen and oxygen atoms in total. The highest BCUT2D eigenvalue weighted by Gasteiger charge is 2.33. The summed E-state index contributed by atoms with van der Waals surface area (Å²) in [7, 11) is 1.64. The molecule has 0 spiro atoms. The summed E-state index contributed by atoms with van der Waals surface area (Å²) in [6.45, 7) is 3.56. The Labute approximate surface area is 183 Å². The van der Waals surface area contributed by atoms with Gasteiger partial charge in [-0.3, -0.25) is 23.9 Å². The summed E-state index contributed by atoms with van der Waals surface area (Å²) in [6, 6.07) is 1.99. The van der Waals surface area contributed by atoms with Crippen LogP contribution in [0.3, 0.4) is 0 Å². The van der Waals surface area contributed by atoms with E-state index in [4.69, 9.17) is 17.3 Å². The minimum atomic E-state index is -0.920. The number of hydrogen-bond acceptors (Lipinski definition) is 7. The van der Waals surface area contributed by atoms with Crippen molar-refractivity contribution in [3.8, 4) is 6.07 Å². The van der Waals surface area contributed by atoms with Crippen molar-refractivity contribution in [1.29, 1.82) is 5.26 Å². The third-order valence-electron chi connectivity index (χ3n) is 5.29. The van der Waals surface area contributed by atoms with Crippen molar-refractivity contribution >= 4 is 52.1 Å². The standard InChI is InChI=1S/C20H22N4O4S2/c1-12-13(10-15-19(28)24(20(29)30-15)9-5-6-16(25)26)17(23-7-3-4-8-23)22(2)18(27)14(12)11-21/h10H,3-9H2,1-2H3,(H,25,26)/b15-10-. The van der Waals surface area contributed by atoms with E-state index >= 15 is 0 Å². The van der Waals surface area contributed by atoms with Crippen LogP contribution < -0.4 is 10.5 Å². The van der Waals surface area contributed by atoms with Crippen LogP contribution in [0.1, 0.15) is 42.4 Å². The van der Waals surface area contributed by atoms with Crippen LogP contribution in [-0.4, -0.2) is 50.4 Å². The Morgan fingerprint density at radius 3 is 2.60 bits per heavy atom. The molecule has 0 bridgehead atoms. The van der Waals surface area contributed by atoms with Gasteiger partial charge in [-0.1, -0.05) is 24.0 Å². The second kappa shape index (κ2) is 9.02. The number of carboxylic acid groups (broad SMARTS) is 1. The summed E-state index contributed by atoms with van der Waals surface area (Å²) in [4.78, 5) is 40.2. The van der Waals surface area contributed by atoms with Gasteiger partial charge in [0.15, 0.2) is 0 Å². The minimum Gasteiger partial charge on any atom is -0.481 e. The number of amides is 1. The van der Waals surface area contributed by atoms with Gasteiger partial charge in [0.1, 0.15) is 21.8 Å². The van der Waals surface area contributed by atoms with Crippen molar-refractivity contribution in [2.45, 2.75) is 32.6 Å². The van der Waals surface area contributed by atoms with Gasteiger partial charge in [-0.25, -0.2) is 0 Å². The van der Waals surface area contributed by atoms with Crippen LogP contribution in [0.15, 0.2) is 9.70 Å². The van der Waals surface area contributed by atoms with E-state index in [0.29, 0.717) is 32.6 Å². The fourth-order valence-electron chi connectivity index (χ4n) is 3.74. The molecular weight excluding hydrogens is 424 g/mol. The number of carboxylic acids is 1. The Hall–Kier alpha value is -2.64. The van der Waals surface area contributed by atoms with Gasteiger partial charge in [0.2, 0.25) is 0 Å². The van der Waals surface area contributed by atoms with E-state index in [1.54, 1.807) is 20.0 Å². The molecule has 2 aliphatic rings. The number of thioether (sulfide) groups is 1. The molecule has 3 rings (SSSR count). The van der Waals surface area contributed by atoms with E-state index in [1.807, 2.05) is 6.07 Å². The first-order valence-electron chi connectivity index (χ1n) is 9.62. The van der Waals surface area contributed by atoms with E-state index in [1.165, 1.54) is 9.47 Å². The zero-order valence-corrected chi connectivity index (χ0v) is 18.4. The molecule has 1 aromatic heterocycles. The average Bonchev–Trinajstić information content (AvgIpc) is 3.30. The SMILES string of the molecule is Cc1c(/C=C2\SC(=S)N(CCCC(=O)O)C2=O)c(N2CCCC2)n(C)c(=O)c1C#N. The first-order chi connectivity index (χ1) is 14.3. The molecule has 2 saturated heterocycles. The maximum absolute atomic E-state index is 12.9. The summed E-state index contributed by atoms with van der Waals surface area (Å²) < 4.78 is 1.86. The molecule has 0 saturated carbocycles. The number of carbonyl (C=O) groups excluding carboxylic acids is 1. The Morgan fingerprint density at radius 2 is 2.00 bits per heavy atom. The lowest BCUT2D eigenvalue weighted by Gasteiger charge is -2.25. The van der Waals surface area contributed by atoms with Gasteiger partial charge < -0.3 is 10.0 Å². The Balaban J connectivity index is 2.04. The number of aliphatic carboxylic acids is 1. The number of nitrogens with zero attached hydrogens (tertiary/aromatic N) is 4. The summed E-state index contributed by atoms with van der Waals surface area (Å²) in [5.41, 5.74) is 0.916. The number of carbonyl (C=O) groups is 2. The number of thiocarbonyl (C=S) groups is 1. The number of nitriles is 1. The number of hydrogen-bond donors (Lipinski definition) is 1. The number of pyridine rings is 1. The molecule has 0 aliphatic carbocycles. The van der Waals surface area contributed by atoms with Crippen LogP contribution in [0.25, 0.3) is 6.08 Å². The van der Waals surface area contributed by atoms with E-state index in [9.17, 15) is 19.6 Å². The maximum Gasteiger partial charge on any atom is 0.303 e. The molecule has 30 heavy (non-hydrogen) atoms. The first kappa shape index (κ1) is 22.1. The first-order valence-corrected chi connectivity index (χ1v) is 10.8. The number of anilines is 1. The van der Waals surface area contributed by atoms with Gasteiger partial charge in [-0.2, -0.15) is 5.26 Å². The zero-order chi connectivity index (χ0) is 22.0. The van der Waals surface area contributed by atoms with E-state index in [2.05, 4.69) is 4.90 Å². The predicted molar refractivity (Wildman–Crippen MR) is 119 cm³/mol. The third-order valence-corrected chi connectivity index (χ3v) is 6.67. The van der Waals surface area contributed by atoms with Gasteiger partial charge >= 0.3 is 5.97 Å². The molecule has 0 unspecified atom stereocenters. The molecule has 0 radical (unpaired) electrons. The van der Waals surface area contributed by atoms with Crippen LogP contribution in [0.2, 0.25) is 0 Å². The van der Waals surface area contributed by atoms with E-state index < -0.39 is 5.97 Å². The summed E-state index contributed by atoms with van der Waals surface area (Å²) in [5, 5.41) is 18.3. The maximum atomic E-state index is 12.9. The Bertz CT molecular complexity index is 1050. The fourth-order valence-corrected chi connectivity index (χ4v) is 5.03. The fraction of sp³-hybridized carbons (Fsp3) is 0.450. The van der Waals surface area contributed by atoms with Crippen molar-refractivity contribution in [1.82, 2.24) is 9.47 Å². The van der Waals surface area contributed by atoms with Gasteiger partial charge in [-0.05, 0) is 37.8 Å². The summed E-state index contributed by atoms with van der Waals surface area (Å²) in [6.07, 6.45) is 4.00. The summed E-state index contributed by atoms with van der Waals surface area (Å²) in [5.74, 6) is -0.504. The van der Waals surface area contributed by atoms with Crippen LogP contribution in [-0.2, 0) is 16.6 Å². The number of aromatic nitrogens is 1. The van der Waals surface area contributed by atoms with Crippen LogP contribution in [0.5, 0.6) is 0 Å². The minimum absolute atomic E-state index is 0.0410. The molecule has 2 aliphatic heterocycles. The molecule has 1 amide bonds. The predicted octanol–water partition coefficient (Wildman–Crippen LogP) is 2.23. The van der Waals surface area contributed by atoms with Gasteiger partial charge in [0, 0.05) is 38.7 Å². The quantitative estimate of drug-likeness (QED) is 0.524. The second-order valence-electron chi connectivity index (χ2n) is 7.24. The van der Waals surface area contributed by atoms with Gasteiger partial charge in [0.25, 0.3) is 11.5 Å². The van der Waals surface area contributed by atoms with Gasteiger partial charge in [-0.15, -0.1) is 0 Å².